The Kier molecular flexibility index (Phi) is 6.93. The first-order chi connectivity index (χ1) is 15.7. The molecule has 34 heavy (non-hydrogen) atoms. The van der Waals surface area contributed by atoms with E-state index in [9.17, 15) is 22.0 Å². The highest BCUT2D eigenvalue weighted by Crippen LogP contribution is 2.33. The van der Waals surface area contributed by atoms with Crippen molar-refractivity contribution in [2.24, 2.45) is 4.99 Å². The van der Waals surface area contributed by atoms with Crippen LogP contribution in [0.2, 0.25) is 0 Å². The molecule has 0 saturated carbocycles. The number of carbonyl (C=O) groups excluding carboxylic acids is 1. The second-order valence-electron chi connectivity index (χ2n) is 9.26. The number of aryl methyl sites for hydroxylation is 3. The molecule has 3 rings (SSSR count). The molecule has 0 radical (unpaired) electrons. The van der Waals surface area contributed by atoms with Gasteiger partial charge in [0, 0.05) is 24.0 Å². The Morgan fingerprint density at radius 3 is 2.26 bits per heavy atom. The number of aliphatic imine (C=N–C) groups is 1. The van der Waals surface area contributed by atoms with Gasteiger partial charge in [-0.05, 0) is 44.0 Å². The first kappa shape index (κ1) is 25.5. The lowest BCUT2D eigenvalue weighted by atomic mass is 9.91. The van der Waals surface area contributed by atoms with Crippen molar-refractivity contribution in [1.82, 2.24) is 9.71 Å². The molecule has 182 valence electrons. The van der Waals surface area contributed by atoms with E-state index in [0.717, 1.165) is 16.7 Å². The van der Waals surface area contributed by atoms with Crippen LogP contribution in [0.3, 0.4) is 0 Å². The molecular formula is C24H27F2N3O4S. The number of hydrogen-bond acceptors (Lipinski definition) is 6. The average molecular weight is 492 g/mol. The van der Waals surface area contributed by atoms with Crippen molar-refractivity contribution in [3.05, 3.63) is 63.1 Å². The summed E-state index contributed by atoms with van der Waals surface area (Å²) in [5, 5.41) is -1.14. The van der Waals surface area contributed by atoms with Crippen LogP contribution in [0.5, 0.6) is 11.6 Å². The number of aromatic nitrogens is 1. The van der Waals surface area contributed by atoms with Gasteiger partial charge in [0.25, 0.3) is 15.9 Å². The molecule has 0 bridgehead atoms. The van der Waals surface area contributed by atoms with Crippen molar-refractivity contribution in [3.63, 3.8) is 0 Å². The minimum Gasteiger partial charge on any atom is -0.438 e. The monoisotopic (exact) mass is 491 g/mol. The molecule has 1 aliphatic rings. The van der Waals surface area contributed by atoms with E-state index < -0.39 is 44.6 Å². The van der Waals surface area contributed by atoms with Gasteiger partial charge in [-0.3, -0.25) is 4.79 Å². The van der Waals surface area contributed by atoms with Crippen LogP contribution >= 0.6 is 0 Å². The Labute approximate surface area is 198 Å². The first-order valence-corrected chi connectivity index (χ1v) is 12.1. The van der Waals surface area contributed by atoms with E-state index in [4.69, 9.17) is 4.74 Å². The van der Waals surface area contributed by atoms with Gasteiger partial charge in [0.2, 0.25) is 10.9 Å². The van der Waals surface area contributed by atoms with Gasteiger partial charge in [0.05, 0.1) is 0 Å². The molecule has 1 N–H and O–H groups in total. The van der Waals surface area contributed by atoms with Crippen molar-refractivity contribution in [2.75, 3.05) is 0 Å². The molecule has 0 saturated heterocycles. The lowest BCUT2D eigenvalue weighted by Crippen LogP contribution is -2.33. The number of carbonyl (C=O) groups is 1. The molecule has 0 aliphatic carbocycles. The molecular weight excluding hydrogens is 464 g/mol. The van der Waals surface area contributed by atoms with Gasteiger partial charge in [-0.2, -0.15) is 12.8 Å². The number of ether oxygens (including phenoxy) is 1. The first-order valence-electron chi connectivity index (χ1n) is 10.6. The number of pyridine rings is 1. The molecule has 0 atom stereocenters. The third kappa shape index (κ3) is 5.49. The summed E-state index contributed by atoms with van der Waals surface area (Å²) in [5.41, 5.74) is 2.67. The van der Waals surface area contributed by atoms with E-state index in [1.54, 1.807) is 10.8 Å². The van der Waals surface area contributed by atoms with Crippen molar-refractivity contribution in [2.45, 2.75) is 59.8 Å². The van der Waals surface area contributed by atoms with Crippen LogP contribution in [0.1, 0.15) is 66.4 Å². The van der Waals surface area contributed by atoms with Gasteiger partial charge in [-0.1, -0.05) is 38.5 Å². The number of hydrogen-bond donors (Lipinski definition) is 1. The van der Waals surface area contributed by atoms with E-state index >= 15 is 0 Å². The summed E-state index contributed by atoms with van der Waals surface area (Å²) in [6.45, 7) is 11.4. The third-order valence-electron chi connectivity index (χ3n) is 5.16. The normalized spacial score (nSPS) is 14.6. The summed E-state index contributed by atoms with van der Waals surface area (Å²) in [6, 6.07) is 6.79. The average Bonchev–Trinajstić information content (AvgIpc) is 2.71. The quantitative estimate of drug-likeness (QED) is 0.599. The zero-order valence-electron chi connectivity index (χ0n) is 19.9. The Hall–Kier alpha value is -3.14. The molecule has 1 aromatic carbocycles. The number of nitrogens with zero attached hydrogens (tertiary/aromatic N) is 2. The van der Waals surface area contributed by atoms with Crippen molar-refractivity contribution in [3.8, 4) is 11.6 Å². The summed E-state index contributed by atoms with van der Waals surface area (Å²) >= 11 is 0. The summed E-state index contributed by atoms with van der Waals surface area (Å²) in [4.78, 5) is 20.6. The van der Waals surface area contributed by atoms with Gasteiger partial charge in [-0.15, -0.1) is 0 Å². The predicted octanol–water partition coefficient (Wildman–Crippen LogP) is 5.46. The summed E-state index contributed by atoms with van der Waals surface area (Å²) in [6.07, 6.45) is -0.799. The summed E-state index contributed by atoms with van der Waals surface area (Å²) < 4.78 is 60.6. The van der Waals surface area contributed by atoms with Crippen molar-refractivity contribution < 1.29 is 26.7 Å². The van der Waals surface area contributed by atoms with Crippen LogP contribution in [0.15, 0.2) is 40.1 Å². The topological polar surface area (TPSA) is 97.7 Å². The second-order valence-corrected chi connectivity index (χ2v) is 10.9. The molecule has 10 heteroatoms. The predicted molar refractivity (Wildman–Crippen MR) is 126 cm³/mol. The molecule has 1 aromatic heterocycles. The third-order valence-corrected chi connectivity index (χ3v) is 6.44. The SMILES string of the molecule is Cc1cc(C)c(Oc2nc(C(C)(C)C)ccc2C(=O)NS(=O)(=O)C2=C(F)CCC(F)=N2)c(C)c1. The fourth-order valence-electron chi connectivity index (χ4n) is 3.51. The molecule has 2 heterocycles. The molecule has 0 fully saturated rings. The van der Waals surface area contributed by atoms with Crippen molar-refractivity contribution >= 4 is 21.9 Å². The molecule has 2 aromatic rings. The van der Waals surface area contributed by atoms with Crippen LogP contribution in [0.4, 0.5) is 8.78 Å². The van der Waals surface area contributed by atoms with Crippen LogP contribution in [0, 0.1) is 20.8 Å². The van der Waals surface area contributed by atoms with Gasteiger partial charge < -0.3 is 4.74 Å². The minimum absolute atomic E-state index is 0.108. The smallest absolute Gasteiger partial charge is 0.284 e. The van der Waals surface area contributed by atoms with E-state index in [2.05, 4.69) is 9.98 Å². The lowest BCUT2D eigenvalue weighted by Gasteiger charge is -2.21. The van der Waals surface area contributed by atoms with E-state index in [0.29, 0.717) is 11.4 Å². The molecule has 1 aliphatic heterocycles. The number of rotatable bonds is 5. The maximum absolute atomic E-state index is 14.1. The number of sulfonamides is 1. The maximum Gasteiger partial charge on any atom is 0.284 e. The summed E-state index contributed by atoms with van der Waals surface area (Å²) in [7, 11) is -4.77. The molecule has 0 spiro atoms. The van der Waals surface area contributed by atoms with Crippen molar-refractivity contribution in [1.29, 1.82) is 0 Å². The number of allylic oxidation sites excluding steroid dienone is 1. The molecule has 1 amide bonds. The van der Waals surface area contributed by atoms with E-state index in [1.807, 2.05) is 53.7 Å². The van der Waals surface area contributed by atoms with Gasteiger partial charge >= 0.3 is 0 Å². The second kappa shape index (κ2) is 9.25. The lowest BCUT2D eigenvalue weighted by molar-refractivity contribution is 0.0978. The van der Waals surface area contributed by atoms with Crippen LogP contribution in [-0.2, 0) is 15.4 Å². The minimum atomic E-state index is -4.77. The van der Waals surface area contributed by atoms with Gasteiger partial charge in [0.15, 0.2) is 5.97 Å². The van der Waals surface area contributed by atoms with E-state index in [-0.39, 0.29) is 17.9 Å². The maximum atomic E-state index is 14.1. The Balaban J connectivity index is 2.05. The standard InChI is InChI=1S/C24H27F2N3O4S/c1-13-11-14(2)20(15(3)12-13)33-22-16(7-9-18(27-22)24(4,5)6)21(30)29-34(31,32)23-17(25)8-10-19(26)28-23/h7,9,11-12H,8,10H2,1-6H3,(H,29,30). The summed E-state index contributed by atoms with van der Waals surface area (Å²) in [5.74, 6) is -2.88. The van der Waals surface area contributed by atoms with Gasteiger partial charge in [-0.25, -0.2) is 19.1 Å². The highest BCUT2D eigenvalue weighted by molar-refractivity contribution is 7.93. The largest absolute Gasteiger partial charge is 0.438 e. The fourth-order valence-corrected chi connectivity index (χ4v) is 4.57. The van der Waals surface area contributed by atoms with E-state index in [1.165, 1.54) is 6.07 Å². The zero-order valence-corrected chi connectivity index (χ0v) is 20.7. The number of benzene rings is 1. The zero-order chi connectivity index (χ0) is 25.4. The van der Waals surface area contributed by atoms with Crippen LogP contribution in [-0.4, -0.2) is 25.3 Å². The molecule has 0 unspecified atom stereocenters. The Morgan fingerprint density at radius 2 is 1.68 bits per heavy atom. The fraction of sp³-hybridized carbons (Fsp3) is 0.375. The van der Waals surface area contributed by atoms with Crippen LogP contribution < -0.4 is 9.46 Å². The Morgan fingerprint density at radius 1 is 1.06 bits per heavy atom. The number of nitrogens with one attached hydrogen (secondary N) is 1. The van der Waals surface area contributed by atoms with Crippen LogP contribution in [0.25, 0.3) is 0 Å². The Bertz CT molecular complexity index is 1300. The number of amides is 1. The van der Waals surface area contributed by atoms with Gasteiger partial charge in [0.1, 0.15) is 17.1 Å². The molecule has 7 nitrogen and oxygen atoms in total. The highest BCUT2D eigenvalue weighted by atomic mass is 32.2. The number of halogens is 2. The highest BCUT2D eigenvalue weighted by Gasteiger charge is 2.31.